The molecule has 0 aliphatic rings. The van der Waals surface area contributed by atoms with E-state index in [4.69, 9.17) is 18.4 Å². The largest absolute Gasteiger partial charge is 0.501 e. The molecule has 0 saturated carbocycles. The molecule has 0 heterocycles. The van der Waals surface area contributed by atoms with Gasteiger partial charge in [-0.3, -0.25) is 0 Å². The van der Waals surface area contributed by atoms with Crippen molar-refractivity contribution in [3.05, 3.63) is 0 Å². The molecule has 0 unspecified atom stereocenters. The summed E-state index contributed by atoms with van der Waals surface area (Å²) in [5, 5.41) is 8.78. The van der Waals surface area contributed by atoms with Crippen molar-refractivity contribution in [1.82, 2.24) is 0 Å². The first-order valence-electron chi connectivity index (χ1n) is 5.77. The number of rotatable bonds is 10. The van der Waals surface area contributed by atoms with Gasteiger partial charge in [0.2, 0.25) is 0 Å². The molecule has 0 atom stereocenters. The molecule has 0 radical (unpaired) electrons. The van der Waals surface area contributed by atoms with Gasteiger partial charge in [-0.2, -0.15) is 0 Å². The number of unbranched alkanes of at least 4 members (excludes halogenated alkanes) is 1. The number of aliphatic hydroxyl groups is 1. The van der Waals surface area contributed by atoms with Gasteiger partial charge in [0.25, 0.3) is 0 Å². The topological polar surface area (TPSA) is 47.9 Å². The molecule has 1 N–H and O–H groups in total. The zero-order valence-corrected chi connectivity index (χ0v) is 11.1. The van der Waals surface area contributed by atoms with Crippen LogP contribution in [-0.4, -0.2) is 40.3 Å². The molecule has 15 heavy (non-hydrogen) atoms. The van der Waals surface area contributed by atoms with Crippen LogP contribution < -0.4 is 0 Å². The molecule has 0 aliphatic heterocycles. The Balaban J connectivity index is 4.26. The molecule has 0 rings (SSSR count). The molecular weight excluding hydrogens is 212 g/mol. The highest BCUT2D eigenvalue weighted by atomic mass is 28.4. The van der Waals surface area contributed by atoms with Gasteiger partial charge in [-0.05, 0) is 20.3 Å². The molecule has 0 aromatic heterocycles. The normalized spacial score (nSPS) is 12.0. The molecule has 92 valence electrons. The standard InChI is InChI=1S/C10H24O4Si/c1-4-7-10-15(12-5-2,13-6-3)14-9-8-11/h11H,4-10H2,1-3H3. The van der Waals surface area contributed by atoms with Gasteiger partial charge in [0.1, 0.15) is 0 Å². The van der Waals surface area contributed by atoms with E-state index in [1.807, 2.05) is 13.8 Å². The highest BCUT2D eigenvalue weighted by molar-refractivity contribution is 6.60. The summed E-state index contributed by atoms with van der Waals surface area (Å²) in [4.78, 5) is 0. The van der Waals surface area contributed by atoms with Crippen LogP contribution in [0.5, 0.6) is 0 Å². The van der Waals surface area contributed by atoms with E-state index in [1.54, 1.807) is 0 Å². The lowest BCUT2D eigenvalue weighted by Crippen LogP contribution is -2.46. The lowest BCUT2D eigenvalue weighted by atomic mass is 10.4. The first-order chi connectivity index (χ1) is 7.24. The summed E-state index contributed by atoms with van der Waals surface area (Å²) in [7, 11) is -2.50. The van der Waals surface area contributed by atoms with Crippen LogP contribution >= 0.6 is 0 Å². The van der Waals surface area contributed by atoms with Crippen LogP contribution in [0.4, 0.5) is 0 Å². The van der Waals surface area contributed by atoms with Gasteiger partial charge in [0, 0.05) is 19.3 Å². The van der Waals surface area contributed by atoms with Gasteiger partial charge in [-0.1, -0.05) is 13.3 Å². The summed E-state index contributed by atoms with van der Waals surface area (Å²) < 4.78 is 16.9. The summed E-state index contributed by atoms with van der Waals surface area (Å²) >= 11 is 0. The second kappa shape index (κ2) is 9.29. The predicted octanol–water partition coefficient (Wildman–Crippen LogP) is 1.81. The zero-order valence-electron chi connectivity index (χ0n) is 10.1. The van der Waals surface area contributed by atoms with Crippen LogP contribution in [0.2, 0.25) is 6.04 Å². The summed E-state index contributed by atoms with van der Waals surface area (Å²) in [6, 6.07) is 0.838. The maximum atomic E-state index is 8.78. The predicted molar refractivity (Wildman–Crippen MR) is 61.8 cm³/mol. The number of hydrogen-bond donors (Lipinski definition) is 1. The highest BCUT2D eigenvalue weighted by Gasteiger charge is 2.39. The second-order valence-corrected chi connectivity index (χ2v) is 5.96. The molecule has 0 amide bonds. The van der Waals surface area contributed by atoms with E-state index in [-0.39, 0.29) is 6.61 Å². The Morgan fingerprint density at radius 2 is 1.60 bits per heavy atom. The van der Waals surface area contributed by atoms with Crippen LogP contribution in [-0.2, 0) is 13.3 Å². The van der Waals surface area contributed by atoms with Crippen molar-refractivity contribution in [3.8, 4) is 0 Å². The van der Waals surface area contributed by atoms with Crippen molar-refractivity contribution in [2.24, 2.45) is 0 Å². The van der Waals surface area contributed by atoms with Crippen LogP contribution in [0, 0.1) is 0 Å². The third-order valence-electron chi connectivity index (χ3n) is 1.98. The van der Waals surface area contributed by atoms with Gasteiger partial charge < -0.3 is 18.4 Å². The van der Waals surface area contributed by atoms with Crippen molar-refractivity contribution in [2.45, 2.75) is 39.7 Å². The van der Waals surface area contributed by atoms with Crippen LogP contribution in [0.15, 0.2) is 0 Å². The van der Waals surface area contributed by atoms with E-state index >= 15 is 0 Å². The van der Waals surface area contributed by atoms with Gasteiger partial charge in [-0.25, -0.2) is 0 Å². The molecule has 0 saturated heterocycles. The van der Waals surface area contributed by atoms with E-state index in [0.717, 1.165) is 18.9 Å². The maximum Gasteiger partial charge on any atom is 0.501 e. The Hall–Kier alpha value is 0.0569. The molecule has 0 spiro atoms. The van der Waals surface area contributed by atoms with Gasteiger partial charge in [0.15, 0.2) is 0 Å². The number of aliphatic hydroxyl groups excluding tert-OH is 1. The van der Waals surface area contributed by atoms with Crippen molar-refractivity contribution < 1.29 is 18.4 Å². The van der Waals surface area contributed by atoms with E-state index in [2.05, 4.69) is 6.92 Å². The fourth-order valence-electron chi connectivity index (χ4n) is 1.38. The zero-order chi connectivity index (χ0) is 11.6. The van der Waals surface area contributed by atoms with Crippen molar-refractivity contribution in [1.29, 1.82) is 0 Å². The third-order valence-corrected chi connectivity index (χ3v) is 5.05. The van der Waals surface area contributed by atoms with Gasteiger partial charge in [-0.15, -0.1) is 0 Å². The Morgan fingerprint density at radius 3 is 2.00 bits per heavy atom. The summed E-state index contributed by atoms with van der Waals surface area (Å²) in [5.74, 6) is 0. The molecule has 0 bridgehead atoms. The van der Waals surface area contributed by atoms with Crippen molar-refractivity contribution >= 4 is 8.80 Å². The maximum absolute atomic E-state index is 8.78. The van der Waals surface area contributed by atoms with Gasteiger partial charge >= 0.3 is 8.80 Å². The molecule has 5 heteroatoms. The Morgan fingerprint density at radius 1 is 1.00 bits per heavy atom. The van der Waals surface area contributed by atoms with E-state index < -0.39 is 8.80 Å². The van der Waals surface area contributed by atoms with Gasteiger partial charge in [0.05, 0.1) is 13.2 Å². The first-order valence-corrected chi connectivity index (χ1v) is 7.70. The molecule has 4 nitrogen and oxygen atoms in total. The van der Waals surface area contributed by atoms with Crippen molar-refractivity contribution in [3.63, 3.8) is 0 Å². The highest BCUT2D eigenvalue weighted by Crippen LogP contribution is 2.18. The van der Waals surface area contributed by atoms with Crippen LogP contribution in [0.25, 0.3) is 0 Å². The monoisotopic (exact) mass is 236 g/mol. The van der Waals surface area contributed by atoms with E-state index in [9.17, 15) is 0 Å². The second-order valence-electron chi connectivity index (χ2n) is 3.22. The summed E-state index contributed by atoms with van der Waals surface area (Å²) in [5.41, 5.74) is 0. The van der Waals surface area contributed by atoms with Crippen LogP contribution in [0.1, 0.15) is 33.6 Å². The lowest BCUT2D eigenvalue weighted by Gasteiger charge is -2.28. The fourth-order valence-corrected chi connectivity index (χ4v) is 4.13. The third kappa shape index (κ3) is 6.27. The minimum absolute atomic E-state index is 0.0149. The first kappa shape index (κ1) is 15.1. The summed E-state index contributed by atoms with van der Waals surface area (Å²) in [6.45, 7) is 7.52. The van der Waals surface area contributed by atoms with Crippen molar-refractivity contribution in [2.75, 3.05) is 26.4 Å². The molecule has 0 fully saturated rings. The quantitative estimate of drug-likeness (QED) is 0.588. The Labute approximate surface area is 93.9 Å². The molecular formula is C10H24O4Si. The molecule has 0 aromatic carbocycles. The summed E-state index contributed by atoms with van der Waals surface area (Å²) in [6.07, 6.45) is 2.13. The average molecular weight is 236 g/mol. The fraction of sp³-hybridized carbons (Fsp3) is 1.00. The number of hydrogen-bond acceptors (Lipinski definition) is 4. The SMILES string of the molecule is CCCC[Si](OCC)(OCC)OCCO. The van der Waals surface area contributed by atoms with E-state index in [1.165, 1.54) is 0 Å². The molecule has 0 aliphatic carbocycles. The lowest BCUT2D eigenvalue weighted by molar-refractivity contribution is 0.0529. The molecule has 0 aromatic rings. The smallest absolute Gasteiger partial charge is 0.394 e. The minimum Gasteiger partial charge on any atom is -0.394 e. The Bertz CT molecular complexity index is 127. The van der Waals surface area contributed by atoms with Crippen LogP contribution in [0.3, 0.4) is 0 Å². The Kier molecular flexibility index (Phi) is 9.33. The average Bonchev–Trinajstić information content (AvgIpc) is 2.24. The minimum atomic E-state index is -2.50. The van der Waals surface area contributed by atoms with E-state index in [0.29, 0.717) is 19.8 Å².